The Labute approximate surface area is 139 Å². The molecule has 1 aliphatic rings. The van der Waals surface area contributed by atoms with Crippen molar-refractivity contribution in [3.8, 4) is 0 Å². The average Bonchev–Trinajstić information content (AvgIpc) is 2.61. The molecule has 0 atom stereocenters. The van der Waals surface area contributed by atoms with E-state index >= 15 is 0 Å². The number of benzene rings is 2. The van der Waals surface area contributed by atoms with E-state index in [1.807, 2.05) is 0 Å². The third-order valence-corrected chi connectivity index (χ3v) is 6.83. The summed E-state index contributed by atoms with van der Waals surface area (Å²) >= 11 is 0. The normalized spacial score (nSPS) is 17.2. The molecule has 0 amide bonds. The van der Waals surface area contributed by atoms with Crippen LogP contribution >= 0.6 is 0 Å². The van der Waals surface area contributed by atoms with Gasteiger partial charge in [-0.05, 0) is 35.0 Å². The lowest BCUT2D eigenvalue weighted by Gasteiger charge is -2.26. The van der Waals surface area contributed by atoms with Crippen molar-refractivity contribution >= 4 is 30.8 Å². The second-order valence-electron chi connectivity index (χ2n) is 5.28. The van der Waals surface area contributed by atoms with Crippen LogP contribution < -0.4 is 4.89 Å². The van der Waals surface area contributed by atoms with Crippen LogP contribution in [0.1, 0.15) is 0 Å². The SMILES string of the molecule is O=S(=O)(NO)c1ccc2ccc(S(=O)(=O)N3CCOCC3)cc2c1. The summed E-state index contributed by atoms with van der Waals surface area (Å²) in [5.41, 5.74) is 0. The van der Waals surface area contributed by atoms with E-state index in [-0.39, 0.29) is 22.9 Å². The smallest absolute Gasteiger partial charge is 0.262 e. The summed E-state index contributed by atoms with van der Waals surface area (Å²) in [6.45, 7) is 1.25. The highest BCUT2D eigenvalue weighted by Gasteiger charge is 2.26. The zero-order valence-corrected chi connectivity index (χ0v) is 14.2. The maximum Gasteiger partial charge on any atom is 0.262 e. The third kappa shape index (κ3) is 3.16. The van der Waals surface area contributed by atoms with E-state index in [4.69, 9.17) is 9.94 Å². The van der Waals surface area contributed by atoms with Crippen molar-refractivity contribution in [3.63, 3.8) is 0 Å². The van der Waals surface area contributed by atoms with Crippen molar-refractivity contribution in [2.24, 2.45) is 0 Å². The molecule has 10 heteroatoms. The number of hydrogen-bond acceptors (Lipinski definition) is 6. The summed E-state index contributed by atoms with van der Waals surface area (Å²) in [5.74, 6) is 0. The molecule has 0 aromatic heterocycles. The van der Waals surface area contributed by atoms with Gasteiger partial charge in [0.2, 0.25) is 10.0 Å². The van der Waals surface area contributed by atoms with E-state index in [1.54, 1.807) is 12.1 Å². The molecular weight excluding hydrogens is 356 g/mol. The quantitative estimate of drug-likeness (QED) is 0.757. The predicted octanol–water partition coefficient (Wildman–Crippen LogP) is 0.528. The molecule has 0 radical (unpaired) electrons. The first-order valence-corrected chi connectivity index (χ1v) is 10.0. The van der Waals surface area contributed by atoms with Crippen LogP contribution in [0.4, 0.5) is 0 Å². The van der Waals surface area contributed by atoms with Crippen LogP contribution in [0.15, 0.2) is 46.2 Å². The number of nitrogens with one attached hydrogen (secondary N) is 1. The van der Waals surface area contributed by atoms with Crippen LogP contribution in [0.3, 0.4) is 0 Å². The number of sulfonamides is 2. The zero-order valence-electron chi connectivity index (χ0n) is 12.5. The molecule has 24 heavy (non-hydrogen) atoms. The lowest BCUT2D eigenvalue weighted by molar-refractivity contribution is 0.0730. The number of rotatable bonds is 4. The first-order valence-electron chi connectivity index (χ1n) is 7.12. The summed E-state index contributed by atoms with van der Waals surface area (Å²) in [4.78, 5) is 1.18. The highest BCUT2D eigenvalue weighted by molar-refractivity contribution is 7.89. The van der Waals surface area contributed by atoms with Crippen molar-refractivity contribution in [1.29, 1.82) is 0 Å². The van der Waals surface area contributed by atoms with E-state index in [9.17, 15) is 16.8 Å². The summed E-state index contributed by atoms with van der Waals surface area (Å²) in [7, 11) is -7.70. The fourth-order valence-corrected chi connectivity index (χ4v) is 4.60. The molecule has 0 aliphatic carbocycles. The lowest BCUT2D eigenvalue weighted by Crippen LogP contribution is -2.40. The topological polar surface area (TPSA) is 113 Å². The van der Waals surface area contributed by atoms with Crippen LogP contribution in [-0.4, -0.2) is 52.7 Å². The Balaban J connectivity index is 2.07. The fraction of sp³-hybridized carbons (Fsp3) is 0.286. The summed E-state index contributed by atoms with van der Waals surface area (Å²) in [6, 6.07) is 8.72. The van der Waals surface area contributed by atoms with E-state index in [0.717, 1.165) is 0 Å². The van der Waals surface area contributed by atoms with Gasteiger partial charge in [0.05, 0.1) is 23.0 Å². The third-order valence-electron chi connectivity index (χ3n) is 3.82. The van der Waals surface area contributed by atoms with Crippen molar-refractivity contribution in [1.82, 2.24) is 9.19 Å². The molecule has 1 fully saturated rings. The molecule has 0 saturated carbocycles. The molecule has 130 valence electrons. The Bertz CT molecular complexity index is 966. The molecule has 0 bridgehead atoms. The van der Waals surface area contributed by atoms with Gasteiger partial charge in [0.1, 0.15) is 0 Å². The second-order valence-corrected chi connectivity index (χ2v) is 8.88. The number of hydrogen-bond donors (Lipinski definition) is 2. The predicted molar refractivity (Wildman–Crippen MR) is 85.6 cm³/mol. The molecular formula is C14H16N2O6S2. The summed E-state index contributed by atoms with van der Waals surface area (Å²) in [6.07, 6.45) is 0. The maximum atomic E-state index is 12.7. The van der Waals surface area contributed by atoms with Crippen molar-refractivity contribution in [2.45, 2.75) is 9.79 Å². The minimum Gasteiger partial charge on any atom is -0.379 e. The van der Waals surface area contributed by atoms with E-state index in [0.29, 0.717) is 24.0 Å². The largest absolute Gasteiger partial charge is 0.379 e. The number of morpholine rings is 1. The van der Waals surface area contributed by atoms with E-state index in [2.05, 4.69) is 0 Å². The monoisotopic (exact) mass is 372 g/mol. The Morgan fingerprint density at radius 1 is 0.917 bits per heavy atom. The van der Waals surface area contributed by atoms with Gasteiger partial charge in [0.15, 0.2) is 0 Å². The zero-order chi connectivity index (χ0) is 17.4. The first-order chi connectivity index (χ1) is 11.3. The second kappa shape index (κ2) is 6.39. The van der Waals surface area contributed by atoms with Crippen LogP contribution in [0.5, 0.6) is 0 Å². The van der Waals surface area contributed by atoms with Crippen molar-refractivity contribution in [2.75, 3.05) is 26.3 Å². The Kier molecular flexibility index (Phi) is 4.60. The molecule has 1 saturated heterocycles. The van der Waals surface area contributed by atoms with Gasteiger partial charge in [0, 0.05) is 13.1 Å². The summed E-state index contributed by atoms with van der Waals surface area (Å²) in [5, 5.41) is 9.85. The Hall–Kier alpha value is -1.56. The number of ether oxygens (including phenoxy) is 1. The van der Waals surface area contributed by atoms with Gasteiger partial charge in [0.25, 0.3) is 10.0 Å². The molecule has 0 spiro atoms. The highest BCUT2D eigenvalue weighted by Crippen LogP contribution is 2.24. The van der Waals surface area contributed by atoms with Crippen LogP contribution in [-0.2, 0) is 24.8 Å². The van der Waals surface area contributed by atoms with Crippen LogP contribution in [0.25, 0.3) is 10.8 Å². The molecule has 2 N–H and O–H groups in total. The fourth-order valence-electron chi connectivity index (χ4n) is 2.52. The van der Waals surface area contributed by atoms with E-state index < -0.39 is 20.0 Å². The number of nitrogens with zero attached hydrogens (tertiary/aromatic N) is 1. The first kappa shape index (κ1) is 17.3. The molecule has 1 heterocycles. The van der Waals surface area contributed by atoms with Gasteiger partial charge < -0.3 is 9.94 Å². The molecule has 0 unspecified atom stereocenters. The molecule has 2 aromatic carbocycles. The van der Waals surface area contributed by atoms with Gasteiger partial charge in [-0.1, -0.05) is 17.0 Å². The van der Waals surface area contributed by atoms with Crippen molar-refractivity contribution < 1.29 is 26.8 Å². The molecule has 3 rings (SSSR count). The molecule has 8 nitrogen and oxygen atoms in total. The average molecular weight is 372 g/mol. The summed E-state index contributed by atoms with van der Waals surface area (Å²) < 4.78 is 55.2. The van der Waals surface area contributed by atoms with E-state index in [1.165, 1.54) is 33.5 Å². The molecule has 1 aliphatic heterocycles. The number of fused-ring (bicyclic) bond motifs is 1. The van der Waals surface area contributed by atoms with Crippen LogP contribution in [0.2, 0.25) is 0 Å². The van der Waals surface area contributed by atoms with Crippen LogP contribution in [0, 0.1) is 0 Å². The maximum absolute atomic E-state index is 12.7. The van der Waals surface area contributed by atoms with Gasteiger partial charge in [-0.25, -0.2) is 16.8 Å². The lowest BCUT2D eigenvalue weighted by atomic mass is 10.1. The van der Waals surface area contributed by atoms with Gasteiger partial charge >= 0.3 is 0 Å². The van der Waals surface area contributed by atoms with Crippen molar-refractivity contribution in [3.05, 3.63) is 36.4 Å². The standard InChI is InChI=1S/C14H16N2O6S2/c17-15-23(18,19)13-3-1-11-2-4-14(10-12(11)9-13)24(20,21)16-5-7-22-8-6-16/h1-4,9-10,15,17H,5-8H2. The molecule has 2 aromatic rings. The van der Waals surface area contributed by atoms with Gasteiger partial charge in [-0.2, -0.15) is 4.31 Å². The Morgan fingerprint density at radius 2 is 1.50 bits per heavy atom. The minimum atomic E-state index is -4.03. The van der Waals surface area contributed by atoms with Gasteiger partial charge in [-0.3, -0.25) is 0 Å². The van der Waals surface area contributed by atoms with Gasteiger partial charge in [-0.15, -0.1) is 0 Å². The Morgan fingerprint density at radius 3 is 2.12 bits per heavy atom. The highest BCUT2D eigenvalue weighted by atomic mass is 32.2. The minimum absolute atomic E-state index is 0.0865.